The Hall–Kier alpha value is 1.90. The zero-order valence-corrected chi connectivity index (χ0v) is 9.29. The van der Waals surface area contributed by atoms with E-state index in [-0.39, 0.29) is 109 Å². The molecule has 0 aliphatic carbocycles. The largest absolute Gasteiger partial charge is 5.00 e. The van der Waals surface area contributed by atoms with Gasteiger partial charge in [0.15, 0.2) is 0 Å². The van der Waals surface area contributed by atoms with Crippen LogP contribution in [0.1, 0.15) is 0 Å². The summed E-state index contributed by atoms with van der Waals surface area (Å²) in [6.07, 6.45) is 0. The van der Waals surface area contributed by atoms with Crippen molar-refractivity contribution in [3.05, 3.63) is 0 Å². The summed E-state index contributed by atoms with van der Waals surface area (Å²) in [5.41, 5.74) is 0. The molecule has 0 aromatic carbocycles. The third-order valence-electron chi connectivity index (χ3n) is 0. The third-order valence-corrected chi connectivity index (χ3v) is 0. The Labute approximate surface area is 108 Å². The van der Waals surface area contributed by atoms with Crippen LogP contribution in [-0.2, 0) is 109 Å². The molecule has 11 heavy (non-hydrogen) atoms. The predicted octanol–water partition coefficient (Wildman–Crippen LogP) is -0.842. The van der Waals surface area contributed by atoms with Crippen LogP contribution in [0.4, 0.5) is 0 Å². The maximum atomic E-state index is 0. The average Bonchev–Trinajstić information content (AvgIpc) is 0. The Morgan fingerprint density at radius 1 is 0.273 bits per heavy atom. The van der Waals surface area contributed by atoms with Crippen molar-refractivity contribution in [1.29, 1.82) is 0 Å². The zero-order valence-electron chi connectivity index (χ0n) is 4.42. The first kappa shape index (κ1) is 505. The standard InChI is InChI=1S/2Co.7O.2V/q2*+2;7*-2;2*+5. The molecule has 2 radical (unpaired) electrons. The fourth-order valence-electron chi connectivity index (χ4n) is 0. The van der Waals surface area contributed by atoms with Crippen LogP contribution in [0.5, 0.6) is 0 Å². The monoisotopic (exact) mass is 332 g/mol. The van der Waals surface area contributed by atoms with Gasteiger partial charge in [-0.05, 0) is 0 Å². The van der Waals surface area contributed by atoms with Gasteiger partial charge in [-0.1, -0.05) is 0 Å². The normalized spacial score (nSPS) is 0. The number of hydrogen-bond donors (Lipinski definition) is 0. The summed E-state index contributed by atoms with van der Waals surface area (Å²) in [7, 11) is 0. The van der Waals surface area contributed by atoms with Crippen molar-refractivity contribution < 1.29 is 109 Å². The predicted molar refractivity (Wildman–Crippen MR) is 4.81 cm³/mol. The molecule has 0 N–H and O–H groups in total. The Balaban J connectivity index is 0. The van der Waals surface area contributed by atoms with E-state index < -0.39 is 0 Å². The van der Waals surface area contributed by atoms with Gasteiger partial charge in [0, 0.05) is 0 Å². The van der Waals surface area contributed by atoms with Gasteiger partial charge in [-0.2, -0.15) is 0 Å². The van der Waals surface area contributed by atoms with E-state index in [2.05, 4.69) is 0 Å². The van der Waals surface area contributed by atoms with Crippen LogP contribution in [0.25, 0.3) is 0 Å². The average molecular weight is 332 g/mol. The quantitative estimate of drug-likeness (QED) is 0.533. The molecule has 0 saturated carbocycles. The number of hydrogen-bond acceptors (Lipinski definition) is 0. The second-order valence-electron chi connectivity index (χ2n) is 0. The van der Waals surface area contributed by atoms with Crippen LogP contribution in [0.2, 0.25) is 0 Å². The summed E-state index contributed by atoms with van der Waals surface area (Å²) in [6.45, 7) is 0. The van der Waals surface area contributed by atoms with Crippen LogP contribution < -0.4 is 0 Å². The van der Waals surface area contributed by atoms with Crippen molar-refractivity contribution in [2.45, 2.75) is 0 Å². The zero-order chi connectivity index (χ0) is 0. The molecule has 11 heteroatoms. The molecule has 0 aromatic heterocycles. The van der Waals surface area contributed by atoms with E-state index in [1.54, 1.807) is 0 Å². The van der Waals surface area contributed by atoms with Gasteiger partial charge in [-0.15, -0.1) is 0 Å². The topological polar surface area (TPSA) is 200 Å². The molecule has 7 nitrogen and oxygen atoms in total. The SMILES string of the molecule is [Co+2].[Co+2].[O-2].[O-2].[O-2].[O-2].[O-2].[O-2].[O-2].[V+5].[V+5]. The first-order valence-electron chi connectivity index (χ1n) is 0. The molecular weight excluding hydrogens is 332 g/mol. The van der Waals surface area contributed by atoms with Gasteiger partial charge in [-0.25, -0.2) is 0 Å². The summed E-state index contributed by atoms with van der Waals surface area (Å²) in [5.74, 6) is 0. The molecule has 0 aliphatic rings. The summed E-state index contributed by atoms with van der Waals surface area (Å²) >= 11 is 0. The first-order chi connectivity index (χ1) is 0. The molecule has 0 aromatic rings. The minimum absolute atomic E-state index is 0. The molecule has 0 bridgehead atoms. The van der Waals surface area contributed by atoms with Crippen molar-refractivity contribution in [2.75, 3.05) is 0 Å². The second-order valence-corrected chi connectivity index (χ2v) is 0. The fraction of sp³-hybridized carbons (Fsp3) is 0. The summed E-state index contributed by atoms with van der Waals surface area (Å²) in [4.78, 5) is 0. The first-order valence-corrected chi connectivity index (χ1v) is 0. The molecule has 0 spiro atoms. The molecule has 0 rings (SSSR count). The van der Waals surface area contributed by atoms with Crippen molar-refractivity contribution in [3.63, 3.8) is 0 Å². The van der Waals surface area contributed by atoms with Crippen LogP contribution in [0.15, 0.2) is 0 Å². The summed E-state index contributed by atoms with van der Waals surface area (Å²) < 4.78 is 0. The maximum Gasteiger partial charge on any atom is 5.00 e. The third kappa shape index (κ3) is 323. The maximum absolute atomic E-state index is 0. The number of rotatable bonds is 0. The molecule has 0 saturated heterocycles. The molecule has 0 aliphatic heterocycles. The van der Waals surface area contributed by atoms with Crippen molar-refractivity contribution in [2.24, 2.45) is 0 Å². The van der Waals surface area contributed by atoms with Gasteiger partial charge in [0.05, 0.1) is 0 Å². The Morgan fingerprint density at radius 2 is 0.273 bits per heavy atom. The van der Waals surface area contributed by atoms with Gasteiger partial charge >= 0.3 is 70.7 Å². The van der Waals surface area contributed by atoms with E-state index in [1.807, 2.05) is 0 Å². The minimum Gasteiger partial charge on any atom is -2.00 e. The van der Waals surface area contributed by atoms with E-state index in [0.717, 1.165) is 0 Å². The van der Waals surface area contributed by atoms with Gasteiger partial charge in [0.25, 0.3) is 0 Å². The molecule has 70 valence electrons. The van der Waals surface area contributed by atoms with Crippen LogP contribution in [0.3, 0.4) is 0 Å². The van der Waals surface area contributed by atoms with E-state index in [1.165, 1.54) is 0 Å². The van der Waals surface area contributed by atoms with Crippen molar-refractivity contribution in [3.8, 4) is 0 Å². The van der Waals surface area contributed by atoms with Crippen LogP contribution >= 0.6 is 0 Å². The van der Waals surface area contributed by atoms with E-state index in [9.17, 15) is 0 Å². The Bertz CT molecular complexity index is 14.4. The molecule has 0 atom stereocenters. The fourth-order valence-corrected chi connectivity index (χ4v) is 0. The smallest absolute Gasteiger partial charge is 2.00 e. The van der Waals surface area contributed by atoms with Gasteiger partial charge in [0.2, 0.25) is 0 Å². The summed E-state index contributed by atoms with van der Waals surface area (Å²) in [6, 6.07) is 0. The minimum atomic E-state index is 0. The second kappa shape index (κ2) is 391. The van der Waals surface area contributed by atoms with Gasteiger partial charge < -0.3 is 38.3 Å². The van der Waals surface area contributed by atoms with Crippen molar-refractivity contribution in [1.82, 2.24) is 0 Å². The van der Waals surface area contributed by atoms with Crippen LogP contribution in [-0.4, -0.2) is 0 Å². The van der Waals surface area contributed by atoms with E-state index in [4.69, 9.17) is 0 Å². The molecule has 0 fully saturated rings. The van der Waals surface area contributed by atoms with Gasteiger partial charge in [0.1, 0.15) is 0 Å². The Kier molecular flexibility index (Phi) is 18000. The van der Waals surface area contributed by atoms with Crippen LogP contribution in [0, 0.1) is 0 Å². The summed E-state index contributed by atoms with van der Waals surface area (Å²) in [5, 5.41) is 0. The Morgan fingerprint density at radius 3 is 0.273 bits per heavy atom. The van der Waals surface area contributed by atoms with Gasteiger partial charge in [-0.3, -0.25) is 0 Å². The molecule has 0 unspecified atom stereocenters. The molecular formula is Co2O7V2. The van der Waals surface area contributed by atoms with E-state index in [0.29, 0.717) is 0 Å². The molecule has 0 heterocycles. The van der Waals surface area contributed by atoms with Crippen molar-refractivity contribution >= 4 is 0 Å². The van der Waals surface area contributed by atoms with E-state index >= 15 is 0 Å². The molecule has 0 amide bonds.